The summed E-state index contributed by atoms with van der Waals surface area (Å²) in [6.07, 6.45) is 2.68. The van der Waals surface area contributed by atoms with Crippen molar-refractivity contribution in [2.75, 3.05) is 24.7 Å². The highest BCUT2D eigenvalue weighted by molar-refractivity contribution is 7.98. The van der Waals surface area contributed by atoms with Crippen LogP contribution in [-0.4, -0.2) is 33.7 Å². The molecule has 0 heterocycles. The molecule has 0 fully saturated rings. The van der Waals surface area contributed by atoms with Gasteiger partial charge in [-0.3, -0.25) is 4.79 Å². The smallest absolute Gasteiger partial charge is 0.262 e. The summed E-state index contributed by atoms with van der Waals surface area (Å²) in [5, 5.41) is 2.78. The van der Waals surface area contributed by atoms with Gasteiger partial charge in [0.1, 0.15) is 5.75 Å². The summed E-state index contributed by atoms with van der Waals surface area (Å²) < 4.78 is 32.4. The molecule has 1 amide bonds. The first-order chi connectivity index (χ1) is 12.9. The normalized spacial score (nSPS) is 11.2. The molecular formula is C19H24N2O4S2. The van der Waals surface area contributed by atoms with Crippen molar-refractivity contribution in [1.82, 2.24) is 4.72 Å². The molecule has 0 radical (unpaired) electrons. The van der Waals surface area contributed by atoms with E-state index in [0.29, 0.717) is 30.0 Å². The second kappa shape index (κ2) is 9.77. The Bertz CT molecular complexity index is 898. The van der Waals surface area contributed by atoms with E-state index >= 15 is 0 Å². The summed E-state index contributed by atoms with van der Waals surface area (Å²) in [5.41, 5.74) is 1.35. The number of nitrogens with one attached hydrogen (secondary N) is 2. The molecule has 2 rings (SSSR count). The fraction of sp³-hybridized carbons (Fsp3) is 0.316. The van der Waals surface area contributed by atoms with Crippen molar-refractivity contribution in [2.45, 2.75) is 30.1 Å². The third kappa shape index (κ3) is 6.27. The van der Waals surface area contributed by atoms with Crippen LogP contribution in [0.4, 0.5) is 5.69 Å². The second-order valence-corrected chi connectivity index (χ2v) is 8.54. The van der Waals surface area contributed by atoms with Crippen LogP contribution < -0.4 is 14.8 Å². The third-order valence-electron chi connectivity index (χ3n) is 3.71. The summed E-state index contributed by atoms with van der Waals surface area (Å²) in [4.78, 5) is 13.3. The number of aryl methyl sites for hydroxylation is 1. The Labute approximate surface area is 164 Å². The number of benzene rings is 2. The van der Waals surface area contributed by atoms with Crippen molar-refractivity contribution in [3.63, 3.8) is 0 Å². The van der Waals surface area contributed by atoms with Crippen LogP contribution in [0.5, 0.6) is 5.75 Å². The minimum absolute atomic E-state index is 0.162. The Kier molecular flexibility index (Phi) is 7.70. The lowest BCUT2D eigenvalue weighted by Crippen LogP contribution is -2.24. The topological polar surface area (TPSA) is 84.5 Å². The van der Waals surface area contributed by atoms with Crippen LogP contribution in [0.15, 0.2) is 52.3 Å². The molecule has 0 atom stereocenters. The molecular weight excluding hydrogens is 384 g/mol. The van der Waals surface area contributed by atoms with E-state index in [1.54, 1.807) is 24.8 Å². The molecule has 146 valence electrons. The van der Waals surface area contributed by atoms with Crippen molar-refractivity contribution in [3.8, 4) is 5.75 Å². The minimum Gasteiger partial charge on any atom is -0.483 e. The predicted octanol–water partition coefficient (Wildman–Crippen LogP) is 3.42. The third-order valence-corrected chi connectivity index (χ3v) is 5.90. The fourth-order valence-electron chi connectivity index (χ4n) is 2.31. The van der Waals surface area contributed by atoms with Gasteiger partial charge in [0.2, 0.25) is 10.0 Å². The number of hydrogen-bond donors (Lipinski definition) is 2. The zero-order valence-corrected chi connectivity index (χ0v) is 17.2. The van der Waals surface area contributed by atoms with E-state index in [2.05, 4.69) is 10.0 Å². The molecule has 0 aliphatic carbocycles. The average molecular weight is 409 g/mol. The Hall–Kier alpha value is -2.03. The van der Waals surface area contributed by atoms with Crippen LogP contribution in [0.1, 0.15) is 18.9 Å². The summed E-state index contributed by atoms with van der Waals surface area (Å²) in [7, 11) is -3.53. The molecule has 0 bridgehead atoms. The highest BCUT2D eigenvalue weighted by Crippen LogP contribution is 2.22. The number of thioether (sulfide) groups is 1. The summed E-state index contributed by atoms with van der Waals surface area (Å²) in [6.45, 7) is 3.86. The summed E-state index contributed by atoms with van der Waals surface area (Å²) in [5.74, 6) is 0.186. The SMILES string of the molecule is CCCNS(=O)(=O)c1ccc(OCC(=O)Nc2cccc(SC)c2)c(C)c1. The summed E-state index contributed by atoms with van der Waals surface area (Å²) >= 11 is 1.59. The van der Waals surface area contributed by atoms with E-state index in [0.717, 1.165) is 4.90 Å². The zero-order valence-electron chi connectivity index (χ0n) is 15.6. The predicted molar refractivity (Wildman–Crippen MR) is 109 cm³/mol. The molecule has 0 saturated carbocycles. The lowest BCUT2D eigenvalue weighted by molar-refractivity contribution is -0.118. The lowest BCUT2D eigenvalue weighted by atomic mass is 10.2. The number of rotatable bonds is 9. The van der Waals surface area contributed by atoms with Crippen LogP contribution in [0, 0.1) is 6.92 Å². The zero-order chi connectivity index (χ0) is 19.9. The van der Waals surface area contributed by atoms with Crippen molar-refractivity contribution in [1.29, 1.82) is 0 Å². The molecule has 0 aromatic heterocycles. The van der Waals surface area contributed by atoms with Gasteiger partial charge in [-0.05, 0) is 61.6 Å². The van der Waals surface area contributed by atoms with E-state index in [4.69, 9.17) is 4.74 Å². The van der Waals surface area contributed by atoms with Gasteiger partial charge in [-0.25, -0.2) is 13.1 Å². The van der Waals surface area contributed by atoms with Gasteiger partial charge in [0.25, 0.3) is 5.91 Å². The number of sulfonamides is 1. The number of amides is 1. The van der Waals surface area contributed by atoms with Crippen molar-refractivity contribution >= 4 is 33.4 Å². The Balaban J connectivity index is 1.98. The molecule has 0 aliphatic rings. The van der Waals surface area contributed by atoms with Crippen LogP contribution in [0.3, 0.4) is 0 Å². The first kappa shape index (κ1) is 21.3. The van der Waals surface area contributed by atoms with Gasteiger partial charge in [0, 0.05) is 17.1 Å². The Morgan fingerprint density at radius 3 is 2.63 bits per heavy atom. The van der Waals surface area contributed by atoms with Gasteiger partial charge in [-0.15, -0.1) is 11.8 Å². The van der Waals surface area contributed by atoms with Crippen LogP contribution in [0.2, 0.25) is 0 Å². The van der Waals surface area contributed by atoms with Gasteiger partial charge >= 0.3 is 0 Å². The van der Waals surface area contributed by atoms with Gasteiger partial charge in [-0.1, -0.05) is 13.0 Å². The largest absolute Gasteiger partial charge is 0.483 e. The van der Waals surface area contributed by atoms with Crippen molar-refractivity contribution < 1.29 is 17.9 Å². The van der Waals surface area contributed by atoms with Gasteiger partial charge < -0.3 is 10.1 Å². The van der Waals surface area contributed by atoms with Crippen LogP contribution in [-0.2, 0) is 14.8 Å². The maximum atomic E-state index is 12.2. The maximum Gasteiger partial charge on any atom is 0.262 e. The van der Waals surface area contributed by atoms with Crippen molar-refractivity contribution in [2.24, 2.45) is 0 Å². The average Bonchev–Trinajstić information content (AvgIpc) is 2.65. The molecule has 8 heteroatoms. The molecule has 0 aliphatic heterocycles. The van der Waals surface area contributed by atoms with E-state index in [1.165, 1.54) is 12.1 Å². The lowest BCUT2D eigenvalue weighted by Gasteiger charge is -2.12. The summed E-state index contributed by atoms with van der Waals surface area (Å²) in [6, 6.07) is 12.1. The minimum atomic E-state index is -3.53. The maximum absolute atomic E-state index is 12.2. The highest BCUT2D eigenvalue weighted by Gasteiger charge is 2.15. The fourth-order valence-corrected chi connectivity index (χ4v) is 3.99. The number of ether oxygens (including phenoxy) is 1. The van der Waals surface area contributed by atoms with E-state index < -0.39 is 10.0 Å². The van der Waals surface area contributed by atoms with Gasteiger partial charge in [0.05, 0.1) is 4.90 Å². The monoisotopic (exact) mass is 408 g/mol. The van der Waals surface area contributed by atoms with E-state index in [9.17, 15) is 13.2 Å². The number of carbonyl (C=O) groups is 1. The number of hydrogen-bond acceptors (Lipinski definition) is 5. The molecule has 2 N–H and O–H groups in total. The highest BCUT2D eigenvalue weighted by atomic mass is 32.2. The molecule has 27 heavy (non-hydrogen) atoms. The molecule has 2 aromatic carbocycles. The van der Waals surface area contributed by atoms with Crippen LogP contribution >= 0.6 is 11.8 Å². The number of anilines is 1. The molecule has 6 nitrogen and oxygen atoms in total. The molecule has 0 saturated heterocycles. The number of carbonyl (C=O) groups excluding carboxylic acids is 1. The quantitative estimate of drug-likeness (QED) is 0.621. The first-order valence-electron chi connectivity index (χ1n) is 8.52. The molecule has 0 unspecified atom stereocenters. The van der Waals surface area contributed by atoms with Gasteiger partial charge in [-0.2, -0.15) is 0 Å². The van der Waals surface area contributed by atoms with E-state index in [1.807, 2.05) is 37.4 Å². The van der Waals surface area contributed by atoms with E-state index in [-0.39, 0.29) is 17.4 Å². The van der Waals surface area contributed by atoms with Crippen molar-refractivity contribution in [3.05, 3.63) is 48.0 Å². The molecule has 2 aromatic rings. The van der Waals surface area contributed by atoms with Gasteiger partial charge in [0.15, 0.2) is 6.61 Å². The first-order valence-corrected chi connectivity index (χ1v) is 11.2. The Morgan fingerprint density at radius 2 is 1.96 bits per heavy atom. The Morgan fingerprint density at radius 1 is 1.19 bits per heavy atom. The molecule has 0 spiro atoms. The standard InChI is InChI=1S/C19H24N2O4S2/c1-4-10-20-27(23,24)17-8-9-18(14(2)11-17)25-13-19(22)21-15-6-5-7-16(12-15)26-3/h5-9,11-12,20H,4,10,13H2,1-3H3,(H,21,22). The van der Waals surface area contributed by atoms with Crippen LogP contribution in [0.25, 0.3) is 0 Å². The second-order valence-electron chi connectivity index (χ2n) is 5.89.